The SMILES string of the molecule is CCCCCNC(=O)N1CCCN(C(=O)c2ccc3oc(C)cc3c2)CC1. The van der Waals surface area contributed by atoms with Crippen LogP contribution in [0.5, 0.6) is 0 Å². The summed E-state index contributed by atoms with van der Waals surface area (Å²) in [6.45, 7) is 7.24. The van der Waals surface area contributed by atoms with E-state index < -0.39 is 0 Å². The number of hydrogen-bond acceptors (Lipinski definition) is 3. The molecule has 1 fully saturated rings. The van der Waals surface area contributed by atoms with Crippen molar-refractivity contribution in [3.63, 3.8) is 0 Å². The Bertz CT molecular complexity index is 799. The number of rotatable bonds is 5. The maximum absolute atomic E-state index is 12.9. The molecular weight excluding hydrogens is 342 g/mol. The average molecular weight is 371 g/mol. The van der Waals surface area contributed by atoms with E-state index in [1.54, 1.807) is 0 Å². The summed E-state index contributed by atoms with van der Waals surface area (Å²) < 4.78 is 5.58. The van der Waals surface area contributed by atoms with Gasteiger partial charge in [-0.2, -0.15) is 0 Å². The lowest BCUT2D eigenvalue weighted by Gasteiger charge is -2.22. The third-order valence-corrected chi connectivity index (χ3v) is 5.01. The molecule has 1 aromatic carbocycles. The number of amides is 3. The van der Waals surface area contributed by atoms with E-state index in [1.165, 1.54) is 0 Å². The van der Waals surface area contributed by atoms with Crippen LogP contribution in [0.2, 0.25) is 0 Å². The van der Waals surface area contributed by atoms with Crippen LogP contribution in [0.4, 0.5) is 4.79 Å². The van der Waals surface area contributed by atoms with Gasteiger partial charge in [0.05, 0.1) is 0 Å². The van der Waals surface area contributed by atoms with E-state index in [0.717, 1.165) is 49.0 Å². The van der Waals surface area contributed by atoms with E-state index >= 15 is 0 Å². The molecule has 6 nitrogen and oxygen atoms in total. The van der Waals surface area contributed by atoms with Crippen molar-refractivity contribution in [1.82, 2.24) is 15.1 Å². The first kappa shape index (κ1) is 19.3. The van der Waals surface area contributed by atoms with Crippen LogP contribution in [0, 0.1) is 6.92 Å². The number of furan rings is 1. The minimum Gasteiger partial charge on any atom is -0.461 e. The third kappa shape index (κ3) is 4.81. The zero-order valence-electron chi connectivity index (χ0n) is 16.3. The van der Waals surface area contributed by atoms with Gasteiger partial charge in [0.2, 0.25) is 0 Å². The van der Waals surface area contributed by atoms with Crippen LogP contribution in [0.3, 0.4) is 0 Å². The number of aryl methyl sites for hydroxylation is 1. The Balaban J connectivity index is 1.57. The van der Waals surface area contributed by atoms with Gasteiger partial charge in [-0.3, -0.25) is 4.79 Å². The largest absolute Gasteiger partial charge is 0.461 e. The van der Waals surface area contributed by atoms with Crippen LogP contribution in [0.25, 0.3) is 11.0 Å². The van der Waals surface area contributed by atoms with Crippen LogP contribution in [-0.2, 0) is 0 Å². The molecular formula is C21H29N3O3. The molecule has 3 rings (SSSR count). The number of nitrogens with one attached hydrogen (secondary N) is 1. The lowest BCUT2D eigenvalue weighted by molar-refractivity contribution is 0.0762. The Hall–Kier alpha value is -2.50. The van der Waals surface area contributed by atoms with Crippen LogP contribution in [-0.4, -0.2) is 54.5 Å². The zero-order chi connectivity index (χ0) is 19.2. The summed E-state index contributed by atoms with van der Waals surface area (Å²) in [6.07, 6.45) is 4.07. The molecule has 1 aromatic heterocycles. The summed E-state index contributed by atoms with van der Waals surface area (Å²) in [5.41, 5.74) is 1.46. The normalized spacial score (nSPS) is 15.0. The summed E-state index contributed by atoms with van der Waals surface area (Å²) in [5, 5.41) is 3.93. The first-order valence-electron chi connectivity index (χ1n) is 9.90. The van der Waals surface area contributed by atoms with E-state index in [9.17, 15) is 9.59 Å². The monoisotopic (exact) mass is 371 g/mol. The number of hydrogen-bond donors (Lipinski definition) is 1. The van der Waals surface area contributed by atoms with Crippen molar-refractivity contribution in [1.29, 1.82) is 0 Å². The molecule has 0 radical (unpaired) electrons. The Morgan fingerprint density at radius 1 is 1.07 bits per heavy atom. The smallest absolute Gasteiger partial charge is 0.317 e. The van der Waals surface area contributed by atoms with Crippen molar-refractivity contribution in [3.05, 3.63) is 35.6 Å². The summed E-state index contributed by atoms with van der Waals surface area (Å²) >= 11 is 0. The molecule has 1 N–H and O–H groups in total. The molecule has 0 aliphatic carbocycles. The summed E-state index contributed by atoms with van der Waals surface area (Å²) in [5.74, 6) is 0.853. The van der Waals surface area contributed by atoms with Crippen LogP contribution >= 0.6 is 0 Å². The van der Waals surface area contributed by atoms with Crippen molar-refractivity contribution >= 4 is 22.9 Å². The number of nitrogens with zero attached hydrogens (tertiary/aromatic N) is 2. The molecule has 1 aliphatic heterocycles. The summed E-state index contributed by atoms with van der Waals surface area (Å²) in [4.78, 5) is 28.9. The van der Waals surface area contributed by atoms with Gasteiger partial charge < -0.3 is 19.5 Å². The highest BCUT2D eigenvalue weighted by Gasteiger charge is 2.23. The van der Waals surface area contributed by atoms with Crippen molar-refractivity contribution < 1.29 is 14.0 Å². The van der Waals surface area contributed by atoms with Gasteiger partial charge in [-0.15, -0.1) is 0 Å². The second kappa shape index (κ2) is 8.93. The predicted octanol–water partition coefficient (Wildman–Crippen LogP) is 3.79. The Kier molecular flexibility index (Phi) is 6.37. The molecule has 27 heavy (non-hydrogen) atoms. The van der Waals surface area contributed by atoms with Crippen molar-refractivity contribution in [3.8, 4) is 0 Å². The molecule has 2 aromatic rings. The third-order valence-electron chi connectivity index (χ3n) is 5.01. The van der Waals surface area contributed by atoms with Crippen LogP contribution in [0.15, 0.2) is 28.7 Å². The van der Waals surface area contributed by atoms with E-state index in [0.29, 0.717) is 31.7 Å². The van der Waals surface area contributed by atoms with Gasteiger partial charge in [-0.1, -0.05) is 19.8 Å². The molecule has 6 heteroatoms. The Labute approximate surface area is 160 Å². The van der Waals surface area contributed by atoms with Crippen molar-refractivity contribution in [2.45, 2.75) is 39.5 Å². The number of fused-ring (bicyclic) bond motifs is 1. The molecule has 0 saturated carbocycles. The summed E-state index contributed by atoms with van der Waals surface area (Å²) in [6, 6.07) is 7.48. The van der Waals surface area contributed by atoms with Gasteiger partial charge in [-0.05, 0) is 44.0 Å². The first-order valence-corrected chi connectivity index (χ1v) is 9.90. The van der Waals surface area contributed by atoms with E-state index in [4.69, 9.17) is 4.42 Å². The van der Waals surface area contributed by atoms with E-state index in [-0.39, 0.29) is 11.9 Å². The Morgan fingerprint density at radius 3 is 2.67 bits per heavy atom. The molecule has 0 atom stereocenters. The molecule has 2 heterocycles. The second-order valence-corrected chi connectivity index (χ2v) is 7.18. The molecule has 1 saturated heterocycles. The van der Waals surface area contributed by atoms with Crippen molar-refractivity contribution in [2.24, 2.45) is 0 Å². The molecule has 3 amide bonds. The minimum atomic E-state index is -0.0179. The molecule has 1 aliphatic rings. The molecule has 0 unspecified atom stereocenters. The highest BCUT2D eigenvalue weighted by molar-refractivity contribution is 5.98. The number of benzene rings is 1. The Morgan fingerprint density at radius 2 is 1.85 bits per heavy atom. The fourth-order valence-corrected chi connectivity index (χ4v) is 3.50. The maximum Gasteiger partial charge on any atom is 0.317 e. The summed E-state index contributed by atoms with van der Waals surface area (Å²) in [7, 11) is 0. The van der Waals surface area contributed by atoms with Crippen molar-refractivity contribution in [2.75, 3.05) is 32.7 Å². The number of unbranched alkanes of at least 4 members (excludes halogenated alkanes) is 2. The second-order valence-electron chi connectivity index (χ2n) is 7.18. The number of carbonyl (C=O) groups excluding carboxylic acids is 2. The minimum absolute atomic E-state index is 0.0148. The maximum atomic E-state index is 12.9. The first-order chi connectivity index (χ1) is 13.1. The van der Waals surface area contributed by atoms with E-state index in [1.807, 2.05) is 41.0 Å². The molecule has 0 spiro atoms. The van der Waals surface area contributed by atoms with Gasteiger partial charge >= 0.3 is 6.03 Å². The predicted molar refractivity (Wildman–Crippen MR) is 106 cm³/mol. The van der Waals surface area contributed by atoms with Gasteiger partial charge in [0, 0.05) is 43.7 Å². The lowest BCUT2D eigenvalue weighted by Crippen LogP contribution is -2.42. The standard InChI is InChI=1S/C21H29N3O3/c1-3-4-5-9-22-21(26)24-11-6-10-23(12-13-24)20(25)17-7-8-19-18(15-17)14-16(2)27-19/h7-8,14-15H,3-6,9-13H2,1-2H3,(H,22,26). The fourth-order valence-electron chi connectivity index (χ4n) is 3.50. The highest BCUT2D eigenvalue weighted by Crippen LogP contribution is 2.21. The average Bonchev–Trinajstić information content (AvgIpc) is 2.87. The topological polar surface area (TPSA) is 65.8 Å². The van der Waals surface area contributed by atoms with Gasteiger partial charge in [0.25, 0.3) is 5.91 Å². The lowest BCUT2D eigenvalue weighted by atomic mass is 10.1. The zero-order valence-corrected chi connectivity index (χ0v) is 16.3. The quantitative estimate of drug-likeness (QED) is 0.813. The van der Waals surface area contributed by atoms with Gasteiger partial charge in [0.15, 0.2) is 0 Å². The molecule has 0 bridgehead atoms. The number of carbonyl (C=O) groups is 2. The van der Waals surface area contributed by atoms with Crippen LogP contribution < -0.4 is 5.32 Å². The van der Waals surface area contributed by atoms with E-state index in [2.05, 4.69) is 12.2 Å². The van der Waals surface area contributed by atoms with Crippen LogP contribution in [0.1, 0.15) is 48.7 Å². The highest BCUT2D eigenvalue weighted by atomic mass is 16.3. The molecule has 146 valence electrons. The number of urea groups is 1. The fraction of sp³-hybridized carbons (Fsp3) is 0.524. The van der Waals surface area contributed by atoms with Gasteiger partial charge in [0.1, 0.15) is 11.3 Å². The van der Waals surface area contributed by atoms with Gasteiger partial charge in [-0.25, -0.2) is 4.79 Å².